The first-order valence-electron chi connectivity index (χ1n) is 5.12. The first kappa shape index (κ1) is 12.2. The lowest BCUT2D eigenvalue weighted by Crippen LogP contribution is -2.01. The van der Waals surface area contributed by atoms with Gasteiger partial charge in [0.15, 0.2) is 0 Å². The quantitative estimate of drug-likeness (QED) is 0.921. The fraction of sp³-hybridized carbons (Fsp3) is 0.154. The lowest BCUT2D eigenvalue weighted by Gasteiger charge is -2.12. The molecule has 0 bridgehead atoms. The van der Waals surface area contributed by atoms with Gasteiger partial charge in [0.25, 0.3) is 0 Å². The third kappa shape index (κ3) is 2.70. The summed E-state index contributed by atoms with van der Waals surface area (Å²) in [6.45, 7) is 1.69. The number of aromatic nitrogens is 1. The van der Waals surface area contributed by atoms with Crippen LogP contribution in [0.3, 0.4) is 0 Å². The van der Waals surface area contributed by atoms with Gasteiger partial charge in [0.05, 0.1) is 0 Å². The Morgan fingerprint density at radius 2 is 2.00 bits per heavy atom. The van der Waals surface area contributed by atoms with E-state index in [1.165, 1.54) is 6.07 Å². The van der Waals surface area contributed by atoms with Crippen molar-refractivity contribution in [1.82, 2.24) is 4.98 Å². The van der Waals surface area contributed by atoms with E-state index in [0.29, 0.717) is 16.7 Å². The van der Waals surface area contributed by atoms with Gasteiger partial charge in [0.2, 0.25) is 0 Å². The first-order chi connectivity index (χ1) is 8.08. The molecular weight excluding hydrogens is 285 g/mol. The van der Waals surface area contributed by atoms with Gasteiger partial charge in [0.1, 0.15) is 11.9 Å². The molecule has 0 saturated heterocycles. The summed E-state index contributed by atoms with van der Waals surface area (Å²) in [4.78, 5) is 3.97. The normalized spacial score (nSPS) is 12.5. The van der Waals surface area contributed by atoms with Gasteiger partial charge < -0.3 is 5.11 Å². The molecule has 1 atom stereocenters. The van der Waals surface area contributed by atoms with Gasteiger partial charge in [-0.25, -0.2) is 4.39 Å². The average Bonchev–Trinajstić information content (AvgIpc) is 2.32. The van der Waals surface area contributed by atoms with E-state index in [4.69, 9.17) is 0 Å². The SMILES string of the molecule is Cc1ccc(C(O)c2cncc(Br)c2)cc1F. The second-order valence-electron chi connectivity index (χ2n) is 3.85. The fourth-order valence-electron chi connectivity index (χ4n) is 1.55. The highest BCUT2D eigenvalue weighted by atomic mass is 79.9. The van der Waals surface area contributed by atoms with Crippen LogP contribution >= 0.6 is 15.9 Å². The number of rotatable bonds is 2. The van der Waals surface area contributed by atoms with Crippen molar-refractivity contribution in [3.8, 4) is 0 Å². The summed E-state index contributed by atoms with van der Waals surface area (Å²) >= 11 is 3.28. The molecule has 0 aliphatic carbocycles. The summed E-state index contributed by atoms with van der Waals surface area (Å²) < 4.78 is 14.2. The smallest absolute Gasteiger partial charge is 0.126 e. The first-order valence-corrected chi connectivity index (χ1v) is 5.92. The third-order valence-electron chi connectivity index (χ3n) is 2.55. The standard InChI is InChI=1S/C13H11BrFNO/c1-8-2-3-9(5-12(8)15)13(17)10-4-11(14)7-16-6-10/h2-7,13,17H,1H3. The van der Waals surface area contributed by atoms with Crippen molar-refractivity contribution in [3.05, 3.63) is 63.6 Å². The molecule has 1 aromatic heterocycles. The molecule has 1 heterocycles. The van der Waals surface area contributed by atoms with Crippen molar-refractivity contribution in [3.63, 3.8) is 0 Å². The fourth-order valence-corrected chi connectivity index (χ4v) is 1.93. The van der Waals surface area contributed by atoms with Crippen molar-refractivity contribution < 1.29 is 9.50 Å². The molecule has 2 aromatic rings. The van der Waals surface area contributed by atoms with E-state index in [1.54, 1.807) is 37.5 Å². The van der Waals surface area contributed by atoms with E-state index >= 15 is 0 Å². The molecule has 0 aliphatic heterocycles. The minimum atomic E-state index is -0.866. The van der Waals surface area contributed by atoms with Crippen LogP contribution in [0.5, 0.6) is 0 Å². The van der Waals surface area contributed by atoms with Crippen LogP contribution in [0.15, 0.2) is 41.1 Å². The van der Waals surface area contributed by atoms with Crippen LogP contribution in [0.2, 0.25) is 0 Å². The van der Waals surface area contributed by atoms with E-state index in [0.717, 1.165) is 4.47 Å². The molecule has 1 N–H and O–H groups in total. The largest absolute Gasteiger partial charge is 0.384 e. The number of benzene rings is 1. The highest BCUT2D eigenvalue weighted by Crippen LogP contribution is 2.24. The zero-order chi connectivity index (χ0) is 12.4. The minimum absolute atomic E-state index is 0.315. The summed E-state index contributed by atoms with van der Waals surface area (Å²) in [5.41, 5.74) is 1.71. The number of aliphatic hydroxyl groups is 1. The number of hydrogen-bond acceptors (Lipinski definition) is 2. The summed E-state index contributed by atoms with van der Waals surface area (Å²) in [6, 6.07) is 6.47. The molecule has 0 aliphatic rings. The monoisotopic (exact) mass is 295 g/mol. The van der Waals surface area contributed by atoms with E-state index < -0.39 is 6.10 Å². The van der Waals surface area contributed by atoms with Crippen molar-refractivity contribution in [2.45, 2.75) is 13.0 Å². The molecule has 0 fully saturated rings. The summed E-state index contributed by atoms with van der Waals surface area (Å²) in [5, 5.41) is 10.1. The Balaban J connectivity index is 2.36. The molecule has 0 saturated carbocycles. The van der Waals surface area contributed by atoms with Crippen LogP contribution in [0, 0.1) is 12.7 Å². The number of halogens is 2. The van der Waals surface area contributed by atoms with E-state index in [2.05, 4.69) is 20.9 Å². The molecule has 88 valence electrons. The molecule has 0 spiro atoms. The Labute approximate surface area is 107 Å². The number of aliphatic hydroxyl groups excluding tert-OH is 1. The second kappa shape index (κ2) is 4.94. The second-order valence-corrected chi connectivity index (χ2v) is 4.76. The van der Waals surface area contributed by atoms with Crippen molar-refractivity contribution >= 4 is 15.9 Å². The van der Waals surface area contributed by atoms with E-state index in [9.17, 15) is 9.50 Å². The van der Waals surface area contributed by atoms with Gasteiger partial charge >= 0.3 is 0 Å². The molecule has 17 heavy (non-hydrogen) atoms. The zero-order valence-corrected chi connectivity index (χ0v) is 10.8. The maximum Gasteiger partial charge on any atom is 0.126 e. The predicted octanol–water partition coefficient (Wildman–Crippen LogP) is 3.37. The molecule has 0 amide bonds. The van der Waals surface area contributed by atoms with Crippen LogP contribution in [0.1, 0.15) is 22.8 Å². The Hall–Kier alpha value is -1.26. The molecule has 1 unspecified atom stereocenters. The predicted molar refractivity (Wildman–Crippen MR) is 67.1 cm³/mol. The van der Waals surface area contributed by atoms with Crippen LogP contribution in [-0.4, -0.2) is 10.1 Å². The van der Waals surface area contributed by atoms with Crippen LogP contribution < -0.4 is 0 Å². The molecule has 1 aromatic carbocycles. The molecule has 4 heteroatoms. The number of nitrogens with zero attached hydrogens (tertiary/aromatic N) is 1. The maximum atomic E-state index is 13.4. The maximum absolute atomic E-state index is 13.4. The van der Waals surface area contributed by atoms with Crippen LogP contribution in [-0.2, 0) is 0 Å². The lowest BCUT2D eigenvalue weighted by atomic mass is 10.0. The van der Waals surface area contributed by atoms with E-state index in [1.807, 2.05) is 0 Å². The minimum Gasteiger partial charge on any atom is -0.384 e. The molecular formula is C13H11BrFNO. The van der Waals surface area contributed by atoms with Crippen molar-refractivity contribution in [1.29, 1.82) is 0 Å². The van der Waals surface area contributed by atoms with Gasteiger partial charge in [-0.2, -0.15) is 0 Å². The number of hydrogen-bond donors (Lipinski definition) is 1. The molecule has 0 radical (unpaired) electrons. The highest BCUT2D eigenvalue weighted by Gasteiger charge is 2.12. The lowest BCUT2D eigenvalue weighted by molar-refractivity contribution is 0.219. The number of aryl methyl sites for hydroxylation is 1. The van der Waals surface area contributed by atoms with E-state index in [-0.39, 0.29) is 5.82 Å². The van der Waals surface area contributed by atoms with Crippen molar-refractivity contribution in [2.24, 2.45) is 0 Å². The Bertz CT molecular complexity index is 545. The van der Waals surface area contributed by atoms with Gasteiger partial charge in [-0.05, 0) is 46.1 Å². The van der Waals surface area contributed by atoms with Gasteiger partial charge in [-0.1, -0.05) is 12.1 Å². The summed E-state index contributed by atoms with van der Waals surface area (Å²) in [6.07, 6.45) is 2.33. The van der Waals surface area contributed by atoms with Gasteiger partial charge in [-0.15, -0.1) is 0 Å². The third-order valence-corrected chi connectivity index (χ3v) is 2.99. The highest BCUT2D eigenvalue weighted by molar-refractivity contribution is 9.10. The van der Waals surface area contributed by atoms with Crippen LogP contribution in [0.4, 0.5) is 4.39 Å². The Kier molecular flexibility index (Phi) is 3.54. The molecule has 2 rings (SSSR count). The zero-order valence-electron chi connectivity index (χ0n) is 9.19. The summed E-state index contributed by atoms with van der Waals surface area (Å²) in [7, 11) is 0. The average molecular weight is 296 g/mol. The van der Waals surface area contributed by atoms with Crippen molar-refractivity contribution in [2.75, 3.05) is 0 Å². The Morgan fingerprint density at radius 3 is 2.65 bits per heavy atom. The van der Waals surface area contributed by atoms with Gasteiger partial charge in [0, 0.05) is 22.4 Å². The summed E-state index contributed by atoms with van der Waals surface area (Å²) in [5.74, 6) is -0.315. The van der Waals surface area contributed by atoms with Crippen LogP contribution in [0.25, 0.3) is 0 Å². The molecule has 2 nitrogen and oxygen atoms in total. The Morgan fingerprint density at radius 1 is 1.24 bits per heavy atom. The van der Waals surface area contributed by atoms with Gasteiger partial charge in [-0.3, -0.25) is 4.98 Å². The topological polar surface area (TPSA) is 33.1 Å². The number of pyridine rings is 1.